The number of aryl methyl sites for hydroxylation is 1. The molecule has 5 heteroatoms. The molecular formula is C13H11F2NO2. The van der Waals surface area contributed by atoms with Crippen molar-refractivity contribution in [3.63, 3.8) is 0 Å². The first kappa shape index (κ1) is 12.4. The highest BCUT2D eigenvalue weighted by atomic mass is 19.2. The average molecular weight is 251 g/mol. The molecular weight excluding hydrogens is 240 g/mol. The molecule has 0 saturated carbocycles. The third kappa shape index (κ3) is 2.62. The Kier molecular flexibility index (Phi) is 3.53. The van der Waals surface area contributed by atoms with E-state index in [1.54, 1.807) is 19.1 Å². The second-order valence-electron chi connectivity index (χ2n) is 3.73. The molecule has 0 unspecified atom stereocenters. The number of rotatable bonds is 3. The van der Waals surface area contributed by atoms with Crippen LogP contribution in [0.1, 0.15) is 11.3 Å². The maximum absolute atomic E-state index is 13.0. The lowest BCUT2D eigenvalue weighted by molar-refractivity contribution is 0.280. The first-order chi connectivity index (χ1) is 8.60. The van der Waals surface area contributed by atoms with Gasteiger partial charge in [-0.2, -0.15) is 0 Å². The summed E-state index contributed by atoms with van der Waals surface area (Å²) in [6.07, 6.45) is 0. The van der Waals surface area contributed by atoms with E-state index >= 15 is 0 Å². The van der Waals surface area contributed by atoms with Gasteiger partial charge in [0.05, 0.1) is 6.61 Å². The molecule has 0 aliphatic rings. The molecule has 94 valence electrons. The Morgan fingerprint density at radius 2 is 1.94 bits per heavy atom. The highest BCUT2D eigenvalue weighted by Crippen LogP contribution is 2.22. The van der Waals surface area contributed by atoms with Crippen molar-refractivity contribution >= 4 is 0 Å². The predicted molar refractivity (Wildman–Crippen MR) is 61.3 cm³/mol. The van der Waals surface area contributed by atoms with Gasteiger partial charge in [-0.1, -0.05) is 0 Å². The summed E-state index contributed by atoms with van der Waals surface area (Å²) >= 11 is 0. The fraction of sp³-hybridized carbons (Fsp3) is 0.154. The lowest BCUT2D eigenvalue weighted by Crippen LogP contribution is -1.95. The molecule has 0 bridgehead atoms. The molecule has 1 aromatic carbocycles. The molecule has 0 amide bonds. The number of halogens is 2. The van der Waals surface area contributed by atoms with E-state index in [1.165, 1.54) is 6.07 Å². The normalized spacial score (nSPS) is 10.4. The summed E-state index contributed by atoms with van der Waals surface area (Å²) in [5, 5.41) is 8.99. The van der Waals surface area contributed by atoms with Crippen LogP contribution < -0.4 is 4.74 Å². The van der Waals surface area contributed by atoms with Crippen LogP contribution in [0.15, 0.2) is 30.3 Å². The fourth-order valence-corrected chi connectivity index (χ4v) is 1.45. The second-order valence-corrected chi connectivity index (χ2v) is 3.73. The Morgan fingerprint density at radius 3 is 2.56 bits per heavy atom. The molecule has 0 aliphatic heterocycles. The molecule has 0 saturated heterocycles. The molecule has 1 N–H and O–H groups in total. The van der Waals surface area contributed by atoms with E-state index in [1.807, 2.05) is 0 Å². The van der Waals surface area contributed by atoms with Crippen molar-refractivity contribution in [3.05, 3.63) is 53.2 Å². The van der Waals surface area contributed by atoms with Crippen LogP contribution in [0.3, 0.4) is 0 Å². The van der Waals surface area contributed by atoms with Gasteiger partial charge in [0.1, 0.15) is 5.75 Å². The van der Waals surface area contributed by atoms with Crippen molar-refractivity contribution in [2.24, 2.45) is 0 Å². The largest absolute Gasteiger partial charge is 0.439 e. The highest BCUT2D eigenvalue weighted by molar-refractivity contribution is 5.30. The zero-order valence-corrected chi connectivity index (χ0v) is 9.65. The maximum atomic E-state index is 13.0. The van der Waals surface area contributed by atoms with Gasteiger partial charge < -0.3 is 9.84 Å². The lowest BCUT2D eigenvalue weighted by atomic mass is 10.2. The quantitative estimate of drug-likeness (QED) is 0.911. The summed E-state index contributed by atoms with van der Waals surface area (Å²) < 4.78 is 31.0. The summed E-state index contributed by atoms with van der Waals surface area (Å²) in [5.41, 5.74) is 1.31. The van der Waals surface area contributed by atoms with Crippen molar-refractivity contribution in [1.29, 1.82) is 0 Å². The lowest BCUT2D eigenvalue weighted by Gasteiger charge is -2.07. The first-order valence-corrected chi connectivity index (χ1v) is 5.30. The molecule has 1 heterocycles. The molecule has 2 rings (SSSR count). The van der Waals surface area contributed by atoms with Gasteiger partial charge in [0.25, 0.3) is 0 Å². The summed E-state index contributed by atoms with van der Waals surface area (Å²) in [7, 11) is 0. The summed E-state index contributed by atoms with van der Waals surface area (Å²) in [4.78, 5) is 4.09. The van der Waals surface area contributed by atoms with E-state index in [4.69, 9.17) is 9.84 Å². The van der Waals surface area contributed by atoms with E-state index in [2.05, 4.69) is 4.98 Å². The number of nitrogens with zero attached hydrogens (tertiary/aromatic N) is 1. The molecule has 0 fully saturated rings. The van der Waals surface area contributed by atoms with Crippen molar-refractivity contribution < 1.29 is 18.6 Å². The number of aromatic nitrogens is 1. The van der Waals surface area contributed by atoms with Crippen LogP contribution in [0.5, 0.6) is 11.6 Å². The van der Waals surface area contributed by atoms with Crippen LogP contribution in [-0.2, 0) is 6.61 Å². The molecule has 0 radical (unpaired) electrons. The highest BCUT2D eigenvalue weighted by Gasteiger charge is 2.06. The molecule has 1 aromatic heterocycles. The Morgan fingerprint density at radius 1 is 1.17 bits per heavy atom. The van der Waals surface area contributed by atoms with Crippen molar-refractivity contribution in [3.8, 4) is 11.6 Å². The topological polar surface area (TPSA) is 42.4 Å². The van der Waals surface area contributed by atoms with Crippen molar-refractivity contribution in [2.45, 2.75) is 13.5 Å². The SMILES string of the molecule is Cc1nc(Oc2ccc(F)c(F)c2)ccc1CO. The minimum absolute atomic E-state index is 0.107. The molecule has 3 nitrogen and oxygen atoms in total. The van der Waals surface area contributed by atoms with Crippen molar-refractivity contribution in [1.82, 2.24) is 4.98 Å². The second kappa shape index (κ2) is 5.10. The third-order valence-corrected chi connectivity index (χ3v) is 2.45. The van der Waals surface area contributed by atoms with Crippen LogP contribution >= 0.6 is 0 Å². The number of hydrogen-bond acceptors (Lipinski definition) is 3. The average Bonchev–Trinajstić information content (AvgIpc) is 2.34. The van der Waals surface area contributed by atoms with E-state index < -0.39 is 11.6 Å². The van der Waals surface area contributed by atoms with Crippen LogP contribution in [0, 0.1) is 18.6 Å². The van der Waals surface area contributed by atoms with Gasteiger partial charge in [0, 0.05) is 17.8 Å². The Labute approximate surface area is 103 Å². The number of aliphatic hydroxyl groups is 1. The zero-order valence-electron chi connectivity index (χ0n) is 9.65. The van der Waals surface area contributed by atoms with Crippen LogP contribution in [-0.4, -0.2) is 10.1 Å². The van der Waals surface area contributed by atoms with Crippen LogP contribution in [0.25, 0.3) is 0 Å². The van der Waals surface area contributed by atoms with Crippen LogP contribution in [0.2, 0.25) is 0 Å². The summed E-state index contributed by atoms with van der Waals surface area (Å²) in [6.45, 7) is 1.62. The third-order valence-electron chi connectivity index (χ3n) is 2.45. The minimum atomic E-state index is -0.976. The Balaban J connectivity index is 2.23. The van der Waals surface area contributed by atoms with Gasteiger partial charge in [-0.15, -0.1) is 0 Å². The van der Waals surface area contributed by atoms with Gasteiger partial charge in [0.15, 0.2) is 11.6 Å². The molecule has 2 aromatic rings. The smallest absolute Gasteiger partial charge is 0.219 e. The minimum Gasteiger partial charge on any atom is -0.439 e. The van der Waals surface area contributed by atoms with E-state index in [0.717, 1.165) is 12.1 Å². The Bertz CT molecular complexity index is 573. The van der Waals surface area contributed by atoms with Gasteiger partial charge in [0.2, 0.25) is 5.88 Å². The number of ether oxygens (including phenoxy) is 1. The van der Waals surface area contributed by atoms with Gasteiger partial charge in [-0.3, -0.25) is 0 Å². The van der Waals surface area contributed by atoms with E-state index in [-0.39, 0.29) is 18.2 Å². The zero-order chi connectivity index (χ0) is 13.1. The summed E-state index contributed by atoms with van der Waals surface area (Å²) in [6, 6.07) is 6.47. The number of benzene rings is 1. The van der Waals surface area contributed by atoms with E-state index in [0.29, 0.717) is 11.3 Å². The first-order valence-electron chi connectivity index (χ1n) is 5.30. The number of hydrogen-bond donors (Lipinski definition) is 1. The van der Waals surface area contributed by atoms with E-state index in [9.17, 15) is 8.78 Å². The number of pyridine rings is 1. The predicted octanol–water partition coefficient (Wildman–Crippen LogP) is 2.95. The summed E-state index contributed by atoms with van der Waals surface area (Å²) in [5.74, 6) is -1.48. The molecule has 0 aliphatic carbocycles. The maximum Gasteiger partial charge on any atom is 0.219 e. The number of aliphatic hydroxyl groups excluding tert-OH is 1. The monoisotopic (exact) mass is 251 g/mol. The molecule has 18 heavy (non-hydrogen) atoms. The Hall–Kier alpha value is -2.01. The molecule has 0 atom stereocenters. The fourth-order valence-electron chi connectivity index (χ4n) is 1.45. The standard InChI is InChI=1S/C13H11F2NO2/c1-8-9(7-17)2-5-13(16-8)18-10-3-4-11(14)12(15)6-10/h2-6,17H,7H2,1H3. The molecule has 0 spiro atoms. The van der Waals surface area contributed by atoms with Gasteiger partial charge >= 0.3 is 0 Å². The van der Waals surface area contributed by atoms with Crippen LogP contribution in [0.4, 0.5) is 8.78 Å². The van der Waals surface area contributed by atoms with Gasteiger partial charge in [-0.05, 0) is 30.7 Å². The van der Waals surface area contributed by atoms with Gasteiger partial charge in [-0.25, -0.2) is 13.8 Å². The van der Waals surface area contributed by atoms with Crippen molar-refractivity contribution in [2.75, 3.05) is 0 Å².